The van der Waals surface area contributed by atoms with E-state index in [2.05, 4.69) is 6.92 Å². The van der Waals surface area contributed by atoms with E-state index in [1.54, 1.807) is 11.0 Å². The van der Waals surface area contributed by atoms with Crippen LogP contribution >= 0.6 is 0 Å². The maximum atomic E-state index is 12.1. The van der Waals surface area contributed by atoms with E-state index in [0.717, 1.165) is 25.8 Å². The van der Waals surface area contributed by atoms with Gasteiger partial charge in [0.05, 0.1) is 6.54 Å². The van der Waals surface area contributed by atoms with Gasteiger partial charge in [0.1, 0.15) is 5.76 Å². The first-order valence-electron chi connectivity index (χ1n) is 7.20. The summed E-state index contributed by atoms with van der Waals surface area (Å²) in [4.78, 5) is 24.6. The Morgan fingerprint density at radius 1 is 1.45 bits per heavy atom. The summed E-state index contributed by atoms with van der Waals surface area (Å²) in [5, 5.41) is 8.82. The summed E-state index contributed by atoms with van der Waals surface area (Å²) in [6, 6.07) is 3.06. The number of amides is 1. The lowest BCUT2D eigenvalue weighted by Gasteiger charge is -2.19. The first-order valence-corrected chi connectivity index (χ1v) is 7.20. The van der Waals surface area contributed by atoms with Gasteiger partial charge in [-0.3, -0.25) is 4.79 Å². The second-order valence-electron chi connectivity index (χ2n) is 5.37. The van der Waals surface area contributed by atoms with Crippen LogP contribution in [0.25, 0.3) is 0 Å². The van der Waals surface area contributed by atoms with E-state index in [-0.39, 0.29) is 11.7 Å². The Morgan fingerprint density at radius 2 is 2.25 bits per heavy atom. The fourth-order valence-corrected chi connectivity index (χ4v) is 2.72. The van der Waals surface area contributed by atoms with Crippen molar-refractivity contribution >= 4 is 11.9 Å². The Kier molecular flexibility index (Phi) is 4.82. The lowest BCUT2D eigenvalue weighted by molar-refractivity contribution is -0.131. The lowest BCUT2D eigenvalue weighted by atomic mass is 9.96. The van der Waals surface area contributed by atoms with E-state index in [1.165, 1.54) is 12.5 Å². The minimum atomic E-state index is -1.08. The number of furan rings is 1. The third-order valence-corrected chi connectivity index (χ3v) is 3.84. The molecule has 1 saturated heterocycles. The average Bonchev–Trinajstić information content (AvgIpc) is 2.81. The number of carbonyl (C=O) groups excluding carboxylic acids is 1. The van der Waals surface area contributed by atoms with Crippen LogP contribution in [0, 0.1) is 5.92 Å². The topological polar surface area (TPSA) is 70.8 Å². The van der Waals surface area contributed by atoms with Gasteiger partial charge in [0.15, 0.2) is 0 Å². The van der Waals surface area contributed by atoms with Gasteiger partial charge in [0.2, 0.25) is 11.7 Å². The van der Waals surface area contributed by atoms with Crippen LogP contribution in [0.4, 0.5) is 0 Å². The number of hydrogen-bond acceptors (Lipinski definition) is 3. The van der Waals surface area contributed by atoms with Gasteiger partial charge in [-0.2, -0.15) is 0 Å². The van der Waals surface area contributed by atoms with E-state index in [0.29, 0.717) is 24.6 Å². The van der Waals surface area contributed by atoms with Gasteiger partial charge in [-0.1, -0.05) is 19.8 Å². The Hall–Kier alpha value is -1.78. The number of carboxylic acid groups (broad SMARTS) is 1. The molecule has 1 aliphatic rings. The summed E-state index contributed by atoms with van der Waals surface area (Å²) >= 11 is 0. The second-order valence-corrected chi connectivity index (χ2v) is 5.37. The molecular formula is C15H21NO4. The normalized spacial score (nSPS) is 19.9. The highest BCUT2D eigenvalue weighted by Crippen LogP contribution is 2.24. The molecule has 0 aromatic carbocycles. The molecule has 1 unspecified atom stereocenters. The average molecular weight is 279 g/mol. The highest BCUT2D eigenvalue weighted by Gasteiger charge is 2.23. The molecule has 2 heterocycles. The standard InChI is InChI=1S/C15H21NO4/c1-2-3-11-4-7-14(17)16(9-8-11)10-12-5-6-13(20-12)15(18)19/h5-6,11H,2-4,7-10H2,1H3,(H,18,19). The zero-order valence-electron chi connectivity index (χ0n) is 11.8. The molecule has 2 rings (SSSR count). The zero-order valence-corrected chi connectivity index (χ0v) is 11.8. The summed E-state index contributed by atoms with van der Waals surface area (Å²) in [6.45, 7) is 3.26. The minimum absolute atomic E-state index is 0.0777. The molecule has 1 amide bonds. The van der Waals surface area contributed by atoms with Crippen LogP contribution in [0.5, 0.6) is 0 Å². The SMILES string of the molecule is CCCC1CCC(=O)N(Cc2ccc(C(=O)O)o2)CC1. The van der Waals surface area contributed by atoms with Crippen LogP contribution in [0.1, 0.15) is 55.3 Å². The van der Waals surface area contributed by atoms with E-state index >= 15 is 0 Å². The molecule has 1 aliphatic heterocycles. The molecular weight excluding hydrogens is 258 g/mol. The van der Waals surface area contributed by atoms with E-state index in [9.17, 15) is 9.59 Å². The van der Waals surface area contributed by atoms with Gasteiger partial charge in [0, 0.05) is 13.0 Å². The predicted molar refractivity (Wildman–Crippen MR) is 73.3 cm³/mol. The monoisotopic (exact) mass is 279 g/mol. The van der Waals surface area contributed by atoms with Crippen molar-refractivity contribution in [3.8, 4) is 0 Å². The van der Waals surface area contributed by atoms with Crippen molar-refractivity contribution < 1.29 is 19.1 Å². The number of rotatable bonds is 5. The number of hydrogen-bond donors (Lipinski definition) is 1. The van der Waals surface area contributed by atoms with Gasteiger partial charge in [-0.05, 0) is 30.9 Å². The summed E-state index contributed by atoms with van der Waals surface area (Å²) in [7, 11) is 0. The number of aromatic carboxylic acids is 1. The summed E-state index contributed by atoms with van der Waals surface area (Å²) in [5.74, 6) is 0.134. The Labute approximate surface area is 118 Å². The van der Waals surface area contributed by atoms with Crippen molar-refractivity contribution in [1.82, 2.24) is 4.90 Å². The maximum absolute atomic E-state index is 12.1. The molecule has 5 heteroatoms. The third-order valence-electron chi connectivity index (χ3n) is 3.84. The van der Waals surface area contributed by atoms with E-state index in [4.69, 9.17) is 9.52 Å². The molecule has 0 bridgehead atoms. The van der Waals surface area contributed by atoms with Gasteiger partial charge in [-0.15, -0.1) is 0 Å². The smallest absolute Gasteiger partial charge is 0.371 e. The number of carbonyl (C=O) groups is 2. The van der Waals surface area contributed by atoms with Crippen molar-refractivity contribution in [2.24, 2.45) is 5.92 Å². The molecule has 0 saturated carbocycles. The molecule has 1 aromatic heterocycles. The highest BCUT2D eigenvalue weighted by atomic mass is 16.4. The van der Waals surface area contributed by atoms with Crippen molar-refractivity contribution in [1.29, 1.82) is 0 Å². The molecule has 1 atom stereocenters. The molecule has 1 aromatic rings. The molecule has 1 N–H and O–H groups in total. The van der Waals surface area contributed by atoms with Crippen LogP contribution in [-0.4, -0.2) is 28.4 Å². The van der Waals surface area contributed by atoms with Crippen LogP contribution in [0.2, 0.25) is 0 Å². The van der Waals surface area contributed by atoms with Crippen molar-refractivity contribution in [3.63, 3.8) is 0 Å². The summed E-state index contributed by atoms with van der Waals surface area (Å²) in [6.07, 6.45) is 4.88. The molecule has 0 radical (unpaired) electrons. The van der Waals surface area contributed by atoms with Crippen LogP contribution < -0.4 is 0 Å². The van der Waals surface area contributed by atoms with E-state index in [1.807, 2.05) is 0 Å². The van der Waals surface area contributed by atoms with E-state index < -0.39 is 5.97 Å². The Bertz CT molecular complexity index is 480. The number of likely N-dealkylation sites (tertiary alicyclic amines) is 1. The predicted octanol–water partition coefficient (Wildman–Crippen LogP) is 2.91. The maximum Gasteiger partial charge on any atom is 0.371 e. The van der Waals surface area contributed by atoms with Gasteiger partial charge >= 0.3 is 5.97 Å². The Balaban J connectivity index is 1.97. The fraction of sp³-hybridized carbons (Fsp3) is 0.600. The summed E-state index contributed by atoms with van der Waals surface area (Å²) in [5.41, 5.74) is 0. The Morgan fingerprint density at radius 3 is 2.90 bits per heavy atom. The molecule has 110 valence electrons. The van der Waals surface area contributed by atoms with Crippen molar-refractivity contribution in [2.75, 3.05) is 6.54 Å². The second kappa shape index (κ2) is 6.59. The summed E-state index contributed by atoms with van der Waals surface area (Å²) < 4.78 is 5.22. The molecule has 0 spiro atoms. The van der Waals surface area contributed by atoms with Crippen molar-refractivity contribution in [2.45, 2.75) is 45.6 Å². The third kappa shape index (κ3) is 3.62. The first-order chi connectivity index (χ1) is 9.60. The number of carboxylic acids is 1. The highest BCUT2D eigenvalue weighted by molar-refractivity contribution is 5.84. The van der Waals surface area contributed by atoms with Crippen LogP contribution in [-0.2, 0) is 11.3 Å². The zero-order chi connectivity index (χ0) is 14.5. The quantitative estimate of drug-likeness (QED) is 0.899. The fourth-order valence-electron chi connectivity index (χ4n) is 2.72. The molecule has 20 heavy (non-hydrogen) atoms. The van der Waals surface area contributed by atoms with Gasteiger partial charge < -0.3 is 14.4 Å². The number of nitrogens with zero attached hydrogens (tertiary/aromatic N) is 1. The molecule has 0 aliphatic carbocycles. The van der Waals surface area contributed by atoms with Crippen LogP contribution in [0.15, 0.2) is 16.5 Å². The van der Waals surface area contributed by atoms with Gasteiger partial charge in [-0.25, -0.2) is 4.79 Å². The van der Waals surface area contributed by atoms with Crippen LogP contribution in [0.3, 0.4) is 0 Å². The van der Waals surface area contributed by atoms with Crippen molar-refractivity contribution in [3.05, 3.63) is 23.7 Å². The van der Waals surface area contributed by atoms with Gasteiger partial charge in [0.25, 0.3) is 0 Å². The lowest BCUT2D eigenvalue weighted by Crippen LogP contribution is -2.29. The first kappa shape index (κ1) is 14.6. The minimum Gasteiger partial charge on any atom is -0.475 e. The largest absolute Gasteiger partial charge is 0.475 e. The molecule has 5 nitrogen and oxygen atoms in total. The molecule has 1 fully saturated rings.